The van der Waals surface area contributed by atoms with Gasteiger partial charge in [-0.3, -0.25) is 4.79 Å². The zero-order chi connectivity index (χ0) is 13.6. The Kier molecular flexibility index (Phi) is 5.31. The molecule has 0 radical (unpaired) electrons. The first-order chi connectivity index (χ1) is 8.44. The molecule has 4 nitrogen and oxygen atoms in total. The third-order valence-corrected chi connectivity index (χ3v) is 3.04. The average molecular weight is 250 g/mol. The van der Waals surface area contributed by atoms with Gasteiger partial charge in [-0.05, 0) is 25.3 Å². The van der Waals surface area contributed by atoms with E-state index in [9.17, 15) is 9.90 Å². The number of hydrogen-bond donors (Lipinski definition) is 3. The quantitative estimate of drug-likeness (QED) is 0.700. The van der Waals surface area contributed by atoms with E-state index in [4.69, 9.17) is 5.73 Å². The minimum atomic E-state index is -0.873. The molecule has 0 aliphatic carbocycles. The Balaban J connectivity index is 2.43. The first kappa shape index (κ1) is 14.7. The molecule has 18 heavy (non-hydrogen) atoms. The fourth-order valence-corrected chi connectivity index (χ4v) is 1.49. The van der Waals surface area contributed by atoms with Gasteiger partial charge < -0.3 is 16.2 Å². The number of aliphatic hydroxyl groups is 1. The molecule has 1 amide bonds. The molecule has 0 spiro atoms. The van der Waals surface area contributed by atoms with Gasteiger partial charge in [0.05, 0.1) is 11.6 Å². The monoisotopic (exact) mass is 250 g/mol. The van der Waals surface area contributed by atoms with Crippen LogP contribution in [0.4, 0.5) is 0 Å². The maximum atomic E-state index is 11.8. The normalized spacial score (nSPS) is 15.8. The van der Waals surface area contributed by atoms with Crippen molar-refractivity contribution in [3.8, 4) is 0 Å². The van der Waals surface area contributed by atoms with Gasteiger partial charge in [-0.2, -0.15) is 0 Å². The number of nitrogens with one attached hydrogen (secondary N) is 1. The van der Waals surface area contributed by atoms with Crippen LogP contribution in [0.5, 0.6) is 0 Å². The van der Waals surface area contributed by atoms with Crippen LogP contribution in [0.25, 0.3) is 0 Å². The average Bonchev–Trinajstić information content (AvgIpc) is 2.37. The molecule has 0 aromatic heterocycles. The molecule has 1 unspecified atom stereocenters. The van der Waals surface area contributed by atoms with Gasteiger partial charge in [0.25, 0.3) is 0 Å². The van der Waals surface area contributed by atoms with Gasteiger partial charge in [-0.15, -0.1) is 0 Å². The Labute approximate surface area is 108 Å². The van der Waals surface area contributed by atoms with Crippen LogP contribution in [-0.2, 0) is 11.2 Å². The van der Waals surface area contributed by atoms with Gasteiger partial charge in [0, 0.05) is 6.54 Å². The summed E-state index contributed by atoms with van der Waals surface area (Å²) in [6.45, 7) is 3.79. The first-order valence-corrected chi connectivity index (χ1v) is 6.24. The smallest absolute Gasteiger partial charge is 0.237 e. The molecule has 0 saturated carbocycles. The van der Waals surface area contributed by atoms with Crippen LogP contribution >= 0.6 is 0 Å². The van der Waals surface area contributed by atoms with Gasteiger partial charge in [0.2, 0.25) is 5.91 Å². The molecule has 0 bridgehead atoms. The maximum Gasteiger partial charge on any atom is 0.237 e. The largest absolute Gasteiger partial charge is 0.388 e. The molecule has 4 heteroatoms. The molecule has 0 heterocycles. The van der Waals surface area contributed by atoms with Crippen LogP contribution in [0.15, 0.2) is 30.3 Å². The van der Waals surface area contributed by atoms with E-state index in [-0.39, 0.29) is 12.5 Å². The van der Waals surface area contributed by atoms with E-state index in [0.717, 1.165) is 5.56 Å². The van der Waals surface area contributed by atoms with E-state index in [1.54, 1.807) is 6.92 Å². The van der Waals surface area contributed by atoms with Crippen molar-refractivity contribution < 1.29 is 9.90 Å². The lowest BCUT2D eigenvalue weighted by atomic mass is 10.0. The van der Waals surface area contributed by atoms with Gasteiger partial charge in [0.1, 0.15) is 0 Å². The minimum absolute atomic E-state index is 0.227. The summed E-state index contributed by atoms with van der Waals surface area (Å²) < 4.78 is 0. The lowest BCUT2D eigenvalue weighted by Gasteiger charge is -2.22. The van der Waals surface area contributed by atoms with Crippen molar-refractivity contribution in [3.63, 3.8) is 0 Å². The van der Waals surface area contributed by atoms with Crippen molar-refractivity contribution >= 4 is 5.91 Å². The molecule has 2 atom stereocenters. The zero-order valence-corrected chi connectivity index (χ0v) is 11.0. The summed E-state index contributed by atoms with van der Waals surface area (Å²) in [4.78, 5) is 11.8. The SMILES string of the molecule is CCC(C)(O)CNC(=O)[C@H](N)Cc1ccccc1. The second kappa shape index (κ2) is 6.52. The van der Waals surface area contributed by atoms with Crippen LogP contribution in [0.1, 0.15) is 25.8 Å². The highest BCUT2D eigenvalue weighted by molar-refractivity contribution is 5.81. The van der Waals surface area contributed by atoms with E-state index in [0.29, 0.717) is 12.8 Å². The molecule has 0 aliphatic heterocycles. The summed E-state index contributed by atoms with van der Waals surface area (Å²) in [7, 11) is 0. The zero-order valence-electron chi connectivity index (χ0n) is 11.0. The number of hydrogen-bond acceptors (Lipinski definition) is 3. The standard InChI is InChI=1S/C14H22N2O2/c1-3-14(2,18)10-16-13(17)12(15)9-11-7-5-4-6-8-11/h4-8,12,18H,3,9-10,15H2,1-2H3,(H,16,17)/t12-,14?/m1/s1. The fraction of sp³-hybridized carbons (Fsp3) is 0.500. The summed E-state index contributed by atoms with van der Waals surface area (Å²) >= 11 is 0. The summed E-state index contributed by atoms with van der Waals surface area (Å²) in [6.07, 6.45) is 1.09. The molecule has 1 rings (SSSR count). The highest BCUT2D eigenvalue weighted by Gasteiger charge is 2.20. The summed E-state index contributed by atoms with van der Waals surface area (Å²) in [5.41, 5.74) is 5.98. The first-order valence-electron chi connectivity index (χ1n) is 6.24. The van der Waals surface area contributed by atoms with Crippen molar-refractivity contribution in [2.45, 2.75) is 38.3 Å². The second-order valence-corrected chi connectivity index (χ2v) is 4.86. The third kappa shape index (κ3) is 4.85. The number of nitrogens with two attached hydrogens (primary N) is 1. The minimum Gasteiger partial charge on any atom is -0.388 e. The second-order valence-electron chi connectivity index (χ2n) is 4.86. The Morgan fingerprint density at radius 3 is 2.61 bits per heavy atom. The van der Waals surface area contributed by atoms with Gasteiger partial charge >= 0.3 is 0 Å². The predicted octanol–water partition coefficient (Wildman–Crippen LogP) is 0.834. The summed E-state index contributed by atoms with van der Waals surface area (Å²) in [6, 6.07) is 9.06. The summed E-state index contributed by atoms with van der Waals surface area (Å²) in [5.74, 6) is -0.229. The van der Waals surface area contributed by atoms with Gasteiger partial charge in [-0.1, -0.05) is 37.3 Å². The Morgan fingerprint density at radius 2 is 2.06 bits per heavy atom. The van der Waals surface area contributed by atoms with Crippen LogP contribution in [-0.4, -0.2) is 29.2 Å². The van der Waals surface area contributed by atoms with Crippen molar-refractivity contribution in [1.29, 1.82) is 0 Å². The Bertz CT molecular complexity index is 377. The van der Waals surface area contributed by atoms with E-state index in [1.165, 1.54) is 0 Å². The molecule has 100 valence electrons. The molecule has 0 fully saturated rings. The number of rotatable bonds is 6. The lowest BCUT2D eigenvalue weighted by molar-refractivity contribution is -0.123. The molecule has 0 saturated heterocycles. The number of benzene rings is 1. The van der Waals surface area contributed by atoms with Crippen molar-refractivity contribution in [2.24, 2.45) is 5.73 Å². The van der Waals surface area contributed by atoms with E-state index in [2.05, 4.69) is 5.32 Å². The van der Waals surface area contributed by atoms with Crippen molar-refractivity contribution in [3.05, 3.63) is 35.9 Å². The Hall–Kier alpha value is -1.39. The highest BCUT2D eigenvalue weighted by atomic mass is 16.3. The van der Waals surface area contributed by atoms with Crippen LogP contribution in [0, 0.1) is 0 Å². The molecule has 0 aliphatic rings. The van der Waals surface area contributed by atoms with Gasteiger partial charge in [-0.25, -0.2) is 0 Å². The predicted molar refractivity (Wildman–Crippen MR) is 72.0 cm³/mol. The Morgan fingerprint density at radius 1 is 1.44 bits per heavy atom. The van der Waals surface area contributed by atoms with Crippen LogP contribution < -0.4 is 11.1 Å². The lowest BCUT2D eigenvalue weighted by Crippen LogP contribution is -2.47. The van der Waals surface area contributed by atoms with Crippen LogP contribution in [0.3, 0.4) is 0 Å². The highest BCUT2D eigenvalue weighted by Crippen LogP contribution is 2.06. The topological polar surface area (TPSA) is 75.3 Å². The molecule has 4 N–H and O–H groups in total. The molecule has 1 aromatic rings. The fourth-order valence-electron chi connectivity index (χ4n) is 1.49. The van der Waals surface area contributed by atoms with Crippen molar-refractivity contribution in [2.75, 3.05) is 6.54 Å². The molecular formula is C14H22N2O2. The van der Waals surface area contributed by atoms with E-state index in [1.807, 2.05) is 37.3 Å². The molecular weight excluding hydrogens is 228 g/mol. The third-order valence-electron chi connectivity index (χ3n) is 3.04. The molecule has 1 aromatic carbocycles. The van der Waals surface area contributed by atoms with E-state index >= 15 is 0 Å². The van der Waals surface area contributed by atoms with Crippen LogP contribution in [0.2, 0.25) is 0 Å². The van der Waals surface area contributed by atoms with E-state index < -0.39 is 11.6 Å². The number of carbonyl (C=O) groups excluding carboxylic acids is 1. The maximum absolute atomic E-state index is 11.8. The number of carbonyl (C=O) groups is 1. The van der Waals surface area contributed by atoms with Gasteiger partial charge in [0.15, 0.2) is 0 Å². The number of amides is 1. The summed E-state index contributed by atoms with van der Waals surface area (Å²) in [5, 5.41) is 12.5. The van der Waals surface area contributed by atoms with Crippen molar-refractivity contribution in [1.82, 2.24) is 5.32 Å².